The van der Waals surface area contributed by atoms with Crippen molar-refractivity contribution in [1.82, 2.24) is 10.2 Å². The van der Waals surface area contributed by atoms with E-state index in [4.69, 9.17) is 14.2 Å². The van der Waals surface area contributed by atoms with E-state index in [9.17, 15) is 24.6 Å². The zero-order valence-electron chi connectivity index (χ0n) is 21.4. The fourth-order valence-electron chi connectivity index (χ4n) is 5.12. The zero-order valence-corrected chi connectivity index (χ0v) is 23.6. The molecular formula is C27H35IN2O8. The molecule has 1 saturated heterocycles. The molecule has 1 saturated carbocycles. The van der Waals surface area contributed by atoms with Crippen LogP contribution in [0.1, 0.15) is 48.9 Å². The Kier molecular flexibility index (Phi) is 10.0. The van der Waals surface area contributed by atoms with Gasteiger partial charge in [-0.3, -0.25) is 14.4 Å². The molecule has 4 unspecified atom stereocenters. The Balaban J connectivity index is 1.68. The van der Waals surface area contributed by atoms with Crippen molar-refractivity contribution >= 4 is 40.7 Å². The number of carbonyl (C=O) groups excluding carboxylic acids is 3. The summed E-state index contributed by atoms with van der Waals surface area (Å²) >= 11 is 2.03. The molecule has 38 heavy (non-hydrogen) atoms. The highest BCUT2D eigenvalue weighted by atomic mass is 127. The first-order valence-electron chi connectivity index (χ1n) is 13.1. The number of aliphatic hydroxyl groups excluding tert-OH is 2. The molecule has 10 nitrogen and oxygen atoms in total. The van der Waals surface area contributed by atoms with E-state index in [1.807, 2.05) is 22.6 Å². The average Bonchev–Trinajstić information content (AvgIpc) is 3.40. The fraction of sp³-hybridized carbons (Fsp3) is 0.593. The Morgan fingerprint density at radius 3 is 2.66 bits per heavy atom. The summed E-state index contributed by atoms with van der Waals surface area (Å²) in [6, 6.07) is 2.47. The summed E-state index contributed by atoms with van der Waals surface area (Å²) in [5.41, 5.74) is 0.769. The lowest BCUT2D eigenvalue weighted by molar-refractivity contribution is -0.147. The van der Waals surface area contributed by atoms with Gasteiger partial charge in [0.15, 0.2) is 11.5 Å². The third-order valence-electron chi connectivity index (χ3n) is 7.42. The number of carbonyl (C=O) groups is 3. The molecule has 1 aromatic rings. The number of hydrogen-bond donors (Lipinski definition) is 3. The smallest absolute Gasteiger partial charge is 0.247 e. The number of aldehydes is 1. The van der Waals surface area contributed by atoms with Gasteiger partial charge < -0.3 is 34.6 Å². The molecule has 2 amide bonds. The van der Waals surface area contributed by atoms with Crippen molar-refractivity contribution in [2.75, 3.05) is 33.4 Å². The van der Waals surface area contributed by atoms with E-state index in [2.05, 4.69) is 5.32 Å². The van der Waals surface area contributed by atoms with Gasteiger partial charge in [-0.1, -0.05) is 6.42 Å². The molecular weight excluding hydrogens is 607 g/mol. The van der Waals surface area contributed by atoms with Gasteiger partial charge in [-0.25, -0.2) is 0 Å². The van der Waals surface area contributed by atoms with Crippen LogP contribution in [-0.4, -0.2) is 91.0 Å². The van der Waals surface area contributed by atoms with Crippen LogP contribution in [-0.2, 0) is 14.3 Å². The highest BCUT2D eigenvalue weighted by Crippen LogP contribution is 2.38. The maximum Gasteiger partial charge on any atom is 0.247 e. The molecule has 1 aromatic carbocycles. The third-order valence-corrected chi connectivity index (χ3v) is 8.22. The molecule has 0 spiro atoms. The second kappa shape index (κ2) is 13.2. The minimum Gasteiger partial charge on any atom is -0.493 e. The van der Waals surface area contributed by atoms with Crippen molar-refractivity contribution in [3.63, 3.8) is 0 Å². The number of methoxy groups -OCH3 is 1. The standard InChI is InChI=1S/C27H35IN2O8/c1-36-23-11-16(15-32)10-20(28)25(23)38-22-13-18(26(34)29-7-8-31)12-21(24(22)33)30(14-19-6-3-9-37-19)27(35)17-4-2-5-17/h10-11,13,15,17,19,21-22,24,31,33H,2-9,12,14H2,1H3,(H,29,34). The molecule has 0 bridgehead atoms. The maximum atomic E-state index is 13.6. The van der Waals surface area contributed by atoms with Crippen molar-refractivity contribution in [2.45, 2.75) is 62.9 Å². The lowest BCUT2D eigenvalue weighted by Crippen LogP contribution is -2.58. The molecule has 2 fully saturated rings. The van der Waals surface area contributed by atoms with Crippen molar-refractivity contribution in [3.8, 4) is 11.5 Å². The highest BCUT2D eigenvalue weighted by Gasteiger charge is 2.44. The number of benzene rings is 1. The number of amides is 2. The normalized spacial score (nSPS) is 25.2. The maximum absolute atomic E-state index is 13.6. The SMILES string of the molecule is COc1cc(C=O)cc(I)c1OC1C=C(C(=O)NCCO)CC(N(CC2CCCO2)C(=O)C2CCC2)C1O. The first-order chi connectivity index (χ1) is 18.4. The van der Waals surface area contributed by atoms with Crippen molar-refractivity contribution in [2.24, 2.45) is 5.92 Å². The summed E-state index contributed by atoms with van der Waals surface area (Å²) in [6.07, 6.45) is 4.52. The predicted octanol–water partition coefficient (Wildman–Crippen LogP) is 1.84. The summed E-state index contributed by atoms with van der Waals surface area (Å²) in [5.74, 6) is 0.114. The summed E-state index contributed by atoms with van der Waals surface area (Å²) in [4.78, 5) is 39.6. The van der Waals surface area contributed by atoms with Crippen molar-refractivity contribution < 1.29 is 38.8 Å². The van der Waals surface area contributed by atoms with E-state index in [1.54, 1.807) is 23.1 Å². The van der Waals surface area contributed by atoms with Gasteiger partial charge in [-0.2, -0.15) is 0 Å². The van der Waals surface area contributed by atoms with Crippen molar-refractivity contribution in [1.29, 1.82) is 0 Å². The average molecular weight is 642 g/mol. The predicted molar refractivity (Wildman–Crippen MR) is 146 cm³/mol. The van der Waals surface area contributed by atoms with E-state index in [0.29, 0.717) is 45.6 Å². The monoisotopic (exact) mass is 642 g/mol. The van der Waals surface area contributed by atoms with Crippen LogP contribution >= 0.6 is 22.6 Å². The minimum absolute atomic E-state index is 0.0333. The third kappa shape index (κ3) is 6.49. The van der Waals surface area contributed by atoms with Gasteiger partial charge >= 0.3 is 0 Å². The summed E-state index contributed by atoms with van der Waals surface area (Å²) in [7, 11) is 1.46. The van der Waals surface area contributed by atoms with E-state index in [0.717, 1.165) is 32.1 Å². The molecule has 2 aliphatic carbocycles. The van der Waals surface area contributed by atoms with Crippen LogP contribution in [0.5, 0.6) is 11.5 Å². The van der Waals surface area contributed by atoms with E-state index in [1.165, 1.54) is 7.11 Å². The van der Waals surface area contributed by atoms with E-state index >= 15 is 0 Å². The van der Waals surface area contributed by atoms with Gasteiger partial charge in [0.05, 0.1) is 29.4 Å². The topological polar surface area (TPSA) is 135 Å². The quantitative estimate of drug-likeness (QED) is 0.246. The first kappa shape index (κ1) is 28.8. The molecule has 4 rings (SSSR count). The summed E-state index contributed by atoms with van der Waals surface area (Å²) in [6.45, 7) is 0.840. The van der Waals surface area contributed by atoms with Gasteiger partial charge in [-0.05, 0) is 66.5 Å². The number of aliphatic hydroxyl groups is 2. The number of halogens is 1. The van der Waals surface area contributed by atoms with E-state index in [-0.39, 0.29) is 37.5 Å². The Morgan fingerprint density at radius 1 is 1.26 bits per heavy atom. The number of nitrogens with one attached hydrogen (secondary N) is 1. The van der Waals surface area contributed by atoms with Gasteiger partial charge in [-0.15, -0.1) is 0 Å². The first-order valence-corrected chi connectivity index (χ1v) is 14.1. The number of nitrogens with zero attached hydrogens (tertiary/aromatic N) is 1. The number of hydrogen-bond acceptors (Lipinski definition) is 8. The molecule has 0 aromatic heterocycles. The van der Waals surface area contributed by atoms with Crippen LogP contribution in [0.3, 0.4) is 0 Å². The van der Waals surface area contributed by atoms with Crippen LogP contribution in [0.2, 0.25) is 0 Å². The highest BCUT2D eigenvalue weighted by molar-refractivity contribution is 14.1. The lowest BCUT2D eigenvalue weighted by Gasteiger charge is -2.43. The van der Waals surface area contributed by atoms with Gasteiger partial charge in [0.2, 0.25) is 11.8 Å². The summed E-state index contributed by atoms with van der Waals surface area (Å²) in [5, 5.41) is 23.5. The van der Waals surface area contributed by atoms with Crippen LogP contribution in [0.15, 0.2) is 23.8 Å². The van der Waals surface area contributed by atoms with Crippen LogP contribution in [0.25, 0.3) is 0 Å². The number of ether oxygens (including phenoxy) is 3. The van der Waals surface area contributed by atoms with Crippen LogP contribution in [0.4, 0.5) is 0 Å². The zero-order chi connectivity index (χ0) is 27.2. The molecule has 208 valence electrons. The Hall–Kier alpha value is -2.22. The van der Waals surface area contributed by atoms with Gasteiger partial charge in [0.1, 0.15) is 18.5 Å². The lowest BCUT2D eigenvalue weighted by atomic mass is 9.82. The molecule has 3 aliphatic rings. The van der Waals surface area contributed by atoms with Crippen LogP contribution < -0.4 is 14.8 Å². The molecule has 1 heterocycles. The molecule has 1 aliphatic heterocycles. The molecule has 4 atom stereocenters. The Morgan fingerprint density at radius 2 is 2.05 bits per heavy atom. The Labute approximate surface area is 235 Å². The van der Waals surface area contributed by atoms with Gasteiger partial charge in [0, 0.05) is 43.2 Å². The molecule has 3 N–H and O–H groups in total. The number of rotatable bonds is 11. The van der Waals surface area contributed by atoms with Gasteiger partial charge in [0.25, 0.3) is 0 Å². The second-order valence-corrected chi connectivity index (χ2v) is 11.1. The molecule has 11 heteroatoms. The summed E-state index contributed by atoms with van der Waals surface area (Å²) < 4.78 is 18.1. The van der Waals surface area contributed by atoms with E-state index < -0.39 is 24.2 Å². The minimum atomic E-state index is -1.14. The molecule has 0 radical (unpaired) electrons. The second-order valence-electron chi connectivity index (χ2n) is 9.92. The van der Waals surface area contributed by atoms with Crippen molar-refractivity contribution in [3.05, 3.63) is 32.9 Å². The fourth-order valence-corrected chi connectivity index (χ4v) is 5.88. The van der Waals surface area contributed by atoms with Crippen LogP contribution in [0, 0.1) is 9.49 Å². The largest absolute Gasteiger partial charge is 0.493 e. The Bertz CT molecular complexity index is 1050.